The SMILES string of the molecule is CC[C@H](C)[C@@H](CO[C@@H](Cc1ccccc1)C(=O)N[C@@H](CCSC)C(=O)OC)NC(=O)[C@@H]1CCC(=O)N1. The van der Waals surface area contributed by atoms with Crippen LogP contribution in [-0.4, -0.2) is 73.6 Å². The van der Waals surface area contributed by atoms with Crippen LogP contribution < -0.4 is 16.0 Å². The normalized spacial score (nSPS) is 18.4. The Bertz CT molecular complexity index is 868. The minimum absolute atomic E-state index is 0.0795. The lowest BCUT2D eigenvalue weighted by molar-refractivity contribution is -0.147. The second kappa shape index (κ2) is 15.5. The Morgan fingerprint density at radius 2 is 1.92 bits per heavy atom. The molecule has 1 aliphatic heterocycles. The highest BCUT2D eigenvalue weighted by atomic mass is 32.2. The van der Waals surface area contributed by atoms with E-state index >= 15 is 0 Å². The highest BCUT2D eigenvalue weighted by Gasteiger charge is 2.31. The predicted octanol–water partition coefficient (Wildman–Crippen LogP) is 1.83. The van der Waals surface area contributed by atoms with Crippen molar-refractivity contribution in [2.45, 2.75) is 70.2 Å². The molecule has 200 valence electrons. The van der Waals surface area contributed by atoms with Crippen molar-refractivity contribution in [3.05, 3.63) is 35.9 Å². The zero-order valence-electron chi connectivity index (χ0n) is 21.6. The van der Waals surface area contributed by atoms with E-state index in [4.69, 9.17) is 9.47 Å². The van der Waals surface area contributed by atoms with Gasteiger partial charge in [-0.25, -0.2) is 4.79 Å². The van der Waals surface area contributed by atoms with Crippen LogP contribution in [0.25, 0.3) is 0 Å². The van der Waals surface area contributed by atoms with E-state index in [9.17, 15) is 19.2 Å². The number of methoxy groups -OCH3 is 1. The highest BCUT2D eigenvalue weighted by molar-refractivity contribution is 7.98. The molecular formula is C26H39N3O6S. The van der Waals surface area contributed by atoms with Gasteiger partial charge < -0.3 is 25.4 Å². The molecular weight excluding hydrogens is 482 g/mol. The van der Waals surface area contributed by atoms with Gasteiger partial charge in [-0.1, -0.05) is 50.6 Å². The van der Waals surface area contributed by atoms with E-state index in [2.05, 4.69) is 16.0 Å². The third-order valence-corrected chi connectivity index (χ3v) is 7.06. The fraction of sp³-hybridized carbons (Fsp3) is 0.615. The molecule has 3 N–H and O–H groups in total. The third kappa shape index (κ3) is 9.46. The number of amides is 3. The summed E-state index contributed by atoms with van der Waals surface area (Å²) in [6.45, 7) is 4.13. The van der Waals surface area contributed by atoms with Crippen LogP contribution in [0.15, 0.2) is 30.3 Å². The Balaban J connectivity index is 2.13. The summed E-state index contributed by atoms with van der Waals surface area (Å²) in [6, 6.07) is 7.82. The van der Waals surface area contributed by atoms with Gasteiger partial charge >= 0.3 is 5.97 Å². The van der Waals surface area contributed by atoms with E-state index in [1.165, 1.54) is 7.11 Å². The van der Waals surface area contributed by atoms with Crippen LogP contribution in [0, 0.1) is 5.92 Å². The second-order valence-electron chi connectivity index (χ2n) is 9.04. The van der Waals surface area contributed by atoms with Crippen molar-refractivity contribution in [1.29, 1.82) is 0 Å². The highest BCUT2D eigenvalue weighted by Crippen LogP contribution is 2.14. The van der Waals surface area contributed by atoms with Crippen molar-refractivity contribution in [1.82, 2.24) is 16.0 Å². The number of ether oxygens (including phenoxy) is 2. The van der Waals surface area contributed by atoms with Crippen LogP contribution in [0.2, 0.25) is 0 Å². The number of carbonyl (C=O) groups is 4. The van der Waals surface area contributed by atoms with Crippen molar-refractivity contribution in [2.75, 3.05) is 25.7 Å². The Hall–Kier alpha value is -2.59. The largest absolute Gasteiger partial charge is 0.467 e. The van der Waals surface area contributed by atoms with E-state index in [0.717, 1.165) is 12.0 Å². The summed E-state index contributed by atoms with van der Waals surface area (Å²) in [7, 11) is 1.30. The van der Waals surface area contributed by atoms with E-state index < -0.39 is 30.1 Å². The molecule has 0 aromatic heterocycles. The summed E-state index contributed by atoms with van der Waals surface area (Å²) in [6.07, 6.45) is 3.39. The molecule has 0 bridgehead atoms. The maximum Gasteiger partial charge on any atom is 0.328 e. The first kappa shape index (κ1) is 29.6. The van der Waals surface area contributed by atoms with Gasteiger partial charge in [0.1, 0.15) is 18.2 Å². The number of benzene rings is 1. The van der Waals surface area contributed by atoms with Crippen LogP contribution in [0.5, 0.6) is 0 Å². The smallest absolute Gasteiger partial charge is 0.328 e. The Morgan fingerprint density at radius 1 is 1.19 bits per heavy atom. The second-order valence-corrected chi connectivity index (χ2v) is 10.0. The van der Waals surface area contributed by atoms with Crippen LogP contribution in [0.1, 0.15) is 45.1 Å². The quantitative estimate of drug-likeness (QED) is 0.301. The van der Waals surface area contributed by atoms with Gasteiger partial charge in [-0.3, -0.25) is 14.4 Å². The maximum atomic E-state index is 13.3. The number of esters is 1. The molecule has 5 atom stereocenters. The lowest BCUT2D eigenvalue weighted by Crippen LogP contribution is -2.51. The van der Waals surface area contributed by atoms with Crippen LogP contribution in [0.4, 0.5) is 0 Å². The van der Waals surface area contributed by atoms with Gasteiger partial charge in [0.05, 0.1) is 19.8 Å². The molecule has 1 fully saturated rings. The lowest BCUT2D eigenvalue weighted by Gasteiger charge is -2.28. The molecule has 9 nitrogen and oxygen atoms in total. The molecule has 1 aromatic rings. The lowest BCUT2D eigenvalue weighted by atomic mass is 9.99. The summed E-state index contributed by atoms with van der Waals surface area (Å²) in [5.41, 5.74) is 0.911. The Morgan fingerprint density at radius 3 is 2.50 bits per heavy atom. The van der Waals surface area contributed by atoms with Gasteiger partial charge in [0.15, 0.2) is 0 Å². The molecule has 0 unspecified atom stereocenters. The molecule has 3 amide bonds. The minimum atomic E-state index is -0.872. The number of hydrogen-bond donors (Lipinski definition) is 3. The van der Waals surface area contributed by atoms with Crippen LogP contribution in [-0.2, 0) is 35.1 Å². The molecule has 1 heterocycles. The molecule has 1 aromatic carbocycles. The number of carbonyl (C=O) groups excluding carboxylic acids is 4. The summed E-state index contributed by atoms with van der Waals surface area (Å²) in [4.78, 5) is 49.8. The Kier molecular flexibility index (Phi) is 12.8. The standard InChI is InChI=1S/C26H39N3O6S/c1-5-17(2)21(29-24(31)19-11-12-23(30)27-19)16-35-22(15-18-9-7-6-8-10-18)25(32)28-20(13-14-36-4)26(33)34-3/h6-10,17,19-22H,5,11-16H2,1-4H3,(H,27,30)(H,28,32)(H,29,31)/t17-,19-,20-,21+,22-/m0/s1. The predicted molar refractivity (Wildman–Crippen MR) is 139 cm³/mol. The summed E-state index contributed by atoms with van der Waals surface area (Å²) in [5, 5.41) is 8.48. The van der Waals surface area contributed by atoms with Crippen LogP contribution >= 0.6 is 11.8 Å². The van der Waals surface area contributed by atoms with Gasteiger partial charge in [0.2, 0.25) is 17.7 Å². The summed E-state index contributed by atoms with van der Waals surface area (Å²) in [5.74, 6) is -0.526. The molecule has 0 spiro atoms. The van der Waals surface area contributed by atoms with Crippen molar-refractivity contribution in [3.8, 4) is 0 Å². The van der Waals surface area contributed by atoms with E-state index in [0.29, 0.717) is 31.4 Å². The fourth-order valence-corrected chi connectivity index (χ4v) is 4.37. The Labute approximate surface area is 217 Å². The molecule has 36 heavy (non-hydrogen) atoms. The molecule has 0 saturated carbocycles. The van der Waals surface area contributed by atoms with Gasteiger partial charge in [-0.2, -0.15) is 11.8 Å². The molecule has 2 rings (SSSR count). The van der Waals surface area contributed by atoms with E-state index in [1.54, 1.807) is 11.8 Å². The summed E-state index contributed by atoms with van der Waals surface area (Å²) >= 11 is 1.58. The van der Waals surface area contributed by atoms with E-state index in [-0.39, 0.29) is 30.4 Å². The number of nitrogens with one attached hydrogen (secondary N) is 3. The molecule has 1 saturated heterocycles. The first-order chi connectivity index (χ1) is 17.3. The average molecular weight is 522 g/mol. The van der Waals surface area contributed by atoms with Gasteiger partial charge in [-0.15, -0.1) is 0 Å². The first-order valence-electron chi connectivity index (χ1n) is 12.4. The minimum Gasteiger partial charge on any atom is -0.467 e. The van der Waals surface area contributed by atoms with E-state index in [1.807, 2.05) is 50.4 Å². The zero-order chi connectivity index (χ0) is 26.5. The maximum absolute atomic E-state index is 13.3. The number of hydrogen-bond acceptors (Lipinski definition) is 7. The van der Waals surface area contributed by atoms with Crippen molar-refractivity contribution in [2.24, 2.45) is 5.92 Å². The third-order valence-electron chi connectivity index (χ3n) is 6.42. The zero-order valence-corrected chi connectivity index (χ0v) is 22.4. The fourth-order valence-electron chi connectivity index (χ4n) is 3.89. The first-order valence-corrected chi connectivity index (χ1v) is 13.8. The number of thioether (sulfide) groups is 1. The van der Waals surface area contributed by atoms with Crippen molar-refractivity contribution < 1.29 is 28.7 Å². The molecule has 10 heteroatoms. The van der Waals surface area contributed by atoms with Gasteiger partial charge in [0.25, 0.3) is 0 Å². The number of rotatable bonds is 15. The van der Waals surface area contributed by atoms with Gasteiger partial charge in [0, 0.05) is 12.8 Å². The molecule has 0 aliphatic carbocycles. The van der Waals surface area contributed by atoms with Crippen molar-refractivity contribution >= 4 is 35.5 Å². The summed E-state index contributed by atoms with van der Waals surface area (Å²) < 4.78 is 11.0. The van der Waals surface area contributed by atoms with Crippen LogP contribution in [0.3, 0.4) is 0 Å². The molecule has 1 aliphatic rings. The topological polar surface area (TPSA) is 123 Å². The van der Waals surface area contributed by atoms with Crippen molar-refractivity contribution in [3.63, 3.8) is 0 Å². The monoisotopic (exact) mass is 521 g/mol. The van der Waals surface area contributed by atoms with Gasteiger partial charge in [-0.05, 0) is 36.3 Å². The molecule has 0 radical (unpaired) electrons. The average Bonchev–Trinajstić information content (AvgIpc) is 3.33.